The standard InChI is InChI=1S/C20H19N3O3S/c1-13-20(25)23(15-8-4-5-9-16(15)26-13)12-19(24)22(2)11-18-21-14-7-3-6-10-17(14)27-18/h3-10,13H,11-12H2,1-2H3. The van der Waals surface area contributed by atoms with Gasteiger partial charge in [0, 0.05) is 7.05 Å². The zero-order valence-corrected chi connectivity index (χ0v) is 15.9. The molecule has 6 nitrogen and oxygen atoms in total. The molecule has 2 amide bonds. The van der Waals surface area contributed by atoms with E-state index in [-0.39, 0.29) is 18.4 Å². The highest BCUT2D eigenvalue weighted by molar-refractivity contribution is 7.18. The number of carbonyl (C=O) groups is 2. The number of nitrogens with zero attached hydrogens (tertiary/aromatic N) is 3. The Morgan fingerprint density at radius 3 is 2.78 bits per heavy atom. The third-order valence-corrected chi connectivity index (χ3v) is 5.52. The Hall–Kier alpha value is -2.93. The molecule has 7 heteroatoms. The topological polar surface area (TPSA) is 62.7 Å². The maximum Gasteiger partial charge on any atom is 0.268 e. The SMILES string of the molecule is CC1Oc2ccccc2N(CC(=O)N(C)Cc2nc3ccccc3s2)C1=O. The molecule has 2 heterocycles. The van der Waals surface area contributed by atoms with Crippen molar-refractivity contribution in [1.82, 2.24) is 9.88 Å². The third-order valence-electron chi connectivity index (χ3n) is 4.50. The zero-order chi connectivity index (χ0) is 19.0. The summed E-state index contributed by atoms with van der Waals surface area (Å²) in [6.07, 6.45) is -0.609. The molecule has 0 aliphatic carbocycles. The summed E-state index contributed by atoms with van der Waals surface area (Å²) in [5.41, 5.74) is 1.56. The highest BCUT2D eigenvalue weighted by Gasteiger charge is 2.33. The summed E-state index contributed by atoms with van der Waals surface area (Å²) >= 11 is 1.57. The number of aromatic nitrogens is 1. The third kappa shape index (κ3) is 3.38. The number of fused-ring (bicyclic) bond motifs is 2. The van der Waals surface area contributed by atoms with Crippen molar-refractivity contribution in [3.8, 4) is 5.75 Å². The number of carbonyl (C=O) groups excluding carboxylic acids is 2. The van der Waals surface area contributed by atoms with Crippen molar-refractivity contribution in [1.29, 1.82) is 0 Å². The quantitative estimate of drug-likeness (QED) is 0.697. The molecule has 2 aromatic carbocycles. The van der Waals surface area contributed by atoms with Crippen LogP contribution in [0.5, 0.6) is 5.75 Å². The van der Waals surface area contributed by atoms with Gasteiger partial charge >= 0.3 is 0 Å². The highest BCUT2D eigenvalue weighted by atomic mass is 32.1. The molecule has 0 saturated heterocycles. The second-order valence-corrected chi connectivity index (χ2v) is 7.59. The molecule has 3 aromatic rings. The number of ether oxygens (including phenoxy) is 1. The fourth-order valence-electron chi connectivity index (χ4n) is 3.06. The van der Waals surface area contributed by atoms with E-state index in [0.29, 0.717) is 18.0 Å². The number of hydrogen-bond donors (Lipinski definition) is 0. The van der Waals surface area contributed by atoms with Crippen LogP contribution in [-0.4, -0.2) is 41.4 Å². The highest BCUT2D eigenvalue weighted by Crippen LogP contribution is 2.33. The lowest BCUT2D eigenvalue weighted by Gasteiger charge is -2.33. The minimum atomic E-state index is -0.609. The van der Waals surface area contributed by atoms with Crippen molar-refractivity contribution < 1.29 is 14.3 Å². The van der Waals surface area contributed by atoms with Gasteiger partial charge in [-0.05, 0) is 31.2 Å². The molecule has 1 atom stereocenters. The van der Waals surface area contributed by atoms with Crippen molar-refractivity contribution in [2.24, 2.45) is 0 Å². The first kappa shape index (κ1) is 17.5. The Balaban J connectivity index is 1.50. The van der Waals surface area contributed by atoms with E-state index in [2.05, 4.69) is 4.98 Å². The number of para-hydroxylation sites is 3. The lowest BCUT2D eigenvalue weighted by molar-refractivity contribution is -0.132. The molecule has 0 saturated carbocycles. The van der Waals surface area contributed by atoms with Crippen LogP contribution in [0.25, 0.3) is 10.2 Å². The molecule has 0 spiro atoms. The van der Waals surface area contributed by atoms with Gasteiger partial charge in [0.2, 0.25) is 5.91 Å². The fraction of sp³-hybridized carbons (Fsp3) is 0.250. The summed E-state index contributed by atoms with van der Waals surface area (Å²) in [5.74, 6) is 0.258. The molecule has 1 aliphatic rings. The van der Waals surface area contributed by atoms with Gasteiger partial charge in [-0.1, -0.05) is 24.3 Å². The number of likely N-dealkylation sites (N-methyl/N-ethyl adjacent to an activating group) is 1. The van der Waals surface area contributed by atoms with Gasteiger partial charge in [0.05, 0.1) is 22.4 Å². The predicted molar refractivity (Wildman–Crippen MR) is 105 cm³/mol. The predicted octanol–water partition coefficient (Wildman–Crippen LogP) is 3.07. The maximum absolute atomic E-state index is 12.8. The summed E-state index contributed by atoms with van der Waals surface area (Å²) in [5, 5.41) is 0.870. The van der Waals surface area contributed by atoms with E-state index in [1.807, 2.05) is 36.4 Å². The number of hydrogen-bond acceptors (Lipinski definition) is 5. The van der Waals surface area contributed by atoms with E-state index in [1.54, 1.807) is 42.3 Å². The molecule has 138 valence electrons. The lowest BCUT2D eigenvalue weighted by Crippen LogP contribution is -2.48. The minimum absolute atomic E-state index is 0.0229. The van der Waals surface area contributed by atoms with Crippen molar-refractivity contribution in [3.05, 3.63) is 53.5 Å². The normalized spacial score (nSPS) is 16.1. The van der Waals surface area contributed by atoms with Crippen molar-refractivity contribution in [2.45, 2.75) is 19.6 Å². The average molecular weight is 381 g/mol. The van der Waals surface area contributed by atoms with E-state index in [4.69, 9.17) is 4.74 Å². The Bertz CT molecular complexity index is 983. The second-order valence-electron chi connectivity index (χ2n) is 6.48. The van der Waals surface area contributed by atoms with Crippen molar-refractivity contribution >= 4 is 39.1 Å². The van der Waals surface area contributed by atoms with Gasteiger partial charge in [-0.3, -0.25) is 14.5 Å². The van der Waals surface area contributed by atoms with E-state index in [9.17, 15) is 9.59 Å². The molecular formula is C20H19N3O3S. The first-order valence-corrected chi connectivity index (χ1v) is 9.50. The van der Waals surface area contributed by atoms with Gasteiger partial charge in [0.25, 0.3) is 5.91 Å². The molecule has 0 radical (unpaired) electrons. The molecule has 0 fully saturated rings. The Labute approximate surface area is 161 Å². The van der Waals surface area contributed by atoms with Crippen molar-refractivity contribution in [3.63, 3.8) is 0 Å². The molecule has 1 aromatic heterocycles. The van der Waals surface area contributed by atoms with Gasteiger partial charge in [-0.2, -0.15) is 0 Å². The molecule has 4 rings (SSSR count). The molecular weight excluding hydrogens is 362 g/mol. The lowest BCUT2D eigenvalue weighted by atomic mass is 10.2. The number of anilines is 1. The number of amides is 2. The fourth-order valence-corrected chi connectivity index (χ4v) is 4.08. The van der Waals surface area contributed by atoms with Gasteiger partial charge in [-0.15, -0.1) is 11.3 Å². The van der Waals surface area contributed by atoms with Crippen LogP contribution >= 0.6 is 11.3 Å². The summed E-state index contributed by atoms with van der Waals surface area (Å²) < 4.78 is 6.72. The van der Waals surface area contributed by atoms with E-state index in [1.165, 1.54) is 4.90 Å². The second kappa shape index (κ2) is 7.00. The van der Waals surface area contributed by atoms with Gasteiger partial charge < -0.3 is 9.64 Å². The summed E-state index contributed by atoms with van der Waals surface area (Å²) in [4.78, 5) is 33.0. The maximum atomic E-state index is 12.8. The summed E-state index contributed by atoms with van der Waals surface area (Å²) in [6.45, 7) is 2.08. The van der Waals surface area contributed by atoms with Crippen LogP contribution in [0.15, 0.2) is 48.5 Å². The monoisotopic (exact) mass is 381 g/mol. The van der Waals surface area contributed by atoms with E-state index in [0.717, 1.165) is 15.2 Å². The summed E-state index contributed by atoms with van der Waals surface area (Å²) in [7, 11) is 1.73. The smallest absolute Gasteiger partial charge is 0.268 e. The number of thiazole rings is 1. The van der Waals surface area contributed by atoms with Crippen LogP contribution < -0.4 is 9.64 Å². The Morgan fingerprint density at radius 1 is 1.22 bits per heavy atom. The van der Waals surface area contributed by atoms with Crippen LogP contribution in [0.4, 0.5) is 5.69 Å². The molecule has 1 unspecified atom stereocenters. The van der Waals surface area contributed by atoms with Crippen LogP contribution in [0.1, 0.15) is 11.9 Å². The molecule has 27 heavy (non-hydrogen) atoms. The van der Waals surface area contributed by atoms with Gasteiger partial charge in [0.15, 0.2) is 6.10 Å². The Morgan fingerprint density at radius 2 is 1.96 bits per heavy atom. The zero-order valence-electron chi connectivity index (χ0n) is 15.1. The van der Waals surface area contributed by atoms with Gasteiger partial charge in [-0.25, -0.2) is 4.98 Å². The number of rotatable bonds is 4. The van der Waals surface area contributed by atoms with E-state index >= 15 is 0 Å². The van der Waals surface area contributed by atoms with E-state index < -0.39 is 6.10 Å². The minimum Gasteiger partial charge on any atom is -0.479 e. The number of benzene rings is 2. The molecule has 0 N–H and O–H groups in total. The Kier molecular flexibility index (Phi) is 4.53. The largest absolute Gasteiger partial charge is 0.479 e. The van der Waals surface area contributed by atoms with Crippen LogP contribution in [-0.2, 0) is 16.1 Å². The first-order valence-electron chi connectivity index (χ1n) is 8.68. The average Bonchev–Trinajstić information content (AvgIpc) is 3.07. The van der Waals surface area contributed by atoms with Gasteiger partial charge in [0.1, 0.15) is 17.3 Å². The van der Waals surface area contributed by atoms with Crippen LogP contribution in [0, 0.1) is 0 Å². The van der Waals surface area contributed by atoms with Crippen molar-refractivity contribution in [2.75, 3.05) is 18.5 Å². The molecule has 0 bridgehead atoms. The molecule has 1 aliphatic heterocycles. The van der Waals surface area contributed by atoms with Crippen LogP contribution in [0.2, 0.25) is 0 Å². The van der Waals surface area contributed by atoms with Crippen LogP contribution in [0.3, 0.4) is 0 Å². The summed E-state index contributed by atoms with van der Waals surface area (Å²) in [6, 6.07) is 15.2. The first-order chi connectivity index (χ1) is 13.0.